The van der Waals surface area contributed by atoms with Gasteiger partial charge in [0.25, 0.3) is 5.91 Å². The highest BCUT2D eigenvalue weighted by atomic mass is 16.2. The number of amides is 2. The van der Waals surface area contributed by atoms with E-state index in [0.29, 0.717) is 18.8 Å². The number of rotatable bonds is 6. The maximum atomic E-state index is 12.2. The molecule has 0 saturated carbocycles. The van der Waals surface area contributed by atoms with Crippen LogP contribution in [0.25, 0.3) is 0 Å². The number of aromatic nitrogens is 2. The average Bonchev–Trinajstić information content (AvgIpc) is 2.81. The van der Waals surface area contributed by atoms with Crippen LogP contribution in [0.1, 0.15) is 56.7 Å². The first-order valence-corrected chi connectivity index (χ1v) is 7.26. The van der Waals surface area contributed by atoms with Gasteiger partial charge in [0.15, 0.2) is 5.69 Å². The molecule has 1 heterocycles. The predicted molar refractivity (Wildman–Crippen MR) is 81.9 cm³/mol. The van der Waals surface area contributed by atoms with Crippen LogP contribution in [0, 0.1) is 0 Å². The number of H-pyrrole nitrogens is 1. The molecule has 2 amide bonds. The number of nitrogen functional groups attached to an aromatic ring is 1. The number of anilines is 1. The number of nitrogens with zero attached hydrogens (tertiary/aromatic N) is 2. The Kier molecular flexibility index (Phi) is 5.75. The highest BCUT2D eigenvalue weighted by molar-refractivity contribution is 6.00. The second kappa shape index (κ2) is 7.10. The number of nitrogens with two attached hydrogens (primary N) is 1. The van der Waals surface area contributed by atoms with E-state index in [-0.39, 0.29) is 17.5 Å². The normalized spacial score (nSPS) is 12.3. The zero-order chi connectivity index (χ0) is 16.2. The number of likely N-dealkylation sites (N-methyl/N-ethyl adjacent to an activating group) is 1. The molecule has 0 saturated heterocycles. The number of aromatic amines is 1. The van der Waals surface area contributed by atoms with Crippen molar-refractivity contribution >= 4 is 17.5 Å². The first-order chi connectivity index (χ1) is 9.83. The first-order valence-electron chi connectivity index (χ1n) is 7.26. The van der Waals surface area contributed by atoms with Gasteiger partial charge in [0.05, 0.1) is 11.4 Å². The fourth-order valence-corrected chi connectivity index (χ4v) is 2.11. The van der Waals surface area contributed by atoms with Gasteiger partial charge in [-0.15, -0.1) is 0 Å². The van der Waals surface area contributed by atoms with E-state index in [9.17, 15) is 9.59 Å². The lowest BCUT2D eigenvalue weighted by Crippen LogP contribution is -2.47. The number of carbonyl (C=O) groups excluding carboxylic acids is 2. The maximum Gasteiger partial charge on any atom is 0.274 e. The monoisotopic (exact) mass is 295 g/mol. The number of hydrogen-bond donors (Lipinski definition) is 3. The highest BCUT2D eigenvalue weighted by Crippen LogP contribution is 2.21. The second-order valence-electron chi connectivity index (χ2n) is 5.26. The predicted octanol–water partition coefficient (Wildman–Crippen LogP) is 1.10. The van der Waals surface area contributed by atoms with Crippen LogP contribution < -0.4 is 11.1 Å². The van der Waals surface area contributed by atoms with Crippen LogP contribution in [-0.4, -0.2) is 46.0 Å². The summed E-state index contributed by atoms with van der Waals surface area (Å²) >= 11 is 0. The van der Waals surface area contributed by atoms with Gasteiger partial charge in [0, 0.05) is 13.1 Å². The van der Waals surface area contributed by atoms with Crippen LogP contribution in [0.2, 0.25) is 0 Å². The zero-order valence-corrected chi connectivity index (χ0v) is 13.4. The minimum absolute atomic E-state index is 0.119. The molecule has 0 aliphatic rings. The molecular weight excluding hydrogens is 270 g/mol. The van der Waals surface area contributed by atoms with Crippen molar-refractivity contribution in [3.63, 3.8) is 0 Å². The van der Waals surface area contributed by atoms with Crippen LogP contribution in [0.3, 0.4) is 0 Å². The van der Waals surface area contributed by atoms with E-state index in [1.807, 2.05) is 27.7 Å². The molecule has 118 valence electrons. The summed E-state index contributed by atoms with van der Waals surface area (Å²) in [5.74, 6) is -0.413. The summed E-state index contributed by atoms with van der Waals surface area (Å²) in [5, 5.41) is 9.36. The molecule has 7 heteroatoms. The second-order valence-corrected chi connectivity index (χ2v) is 5.26. The Balaban J connectivity index is 2.79. The Morgan fingerprint density at radius 1 is 1.29 bits per heavy atom. The molecule has 0 aliphatic heterocycles. The molecule has 1 rings (SSSR count). The van der Waals surface area contributed by atoms with Gasteiger partial charge in [-0.1, -0.05) is 13.8 Å². The molecule has 0 spiro atoms. The van der Waals surface area contributed by atoms with Gasteiger partial charge >= 0.3 is 0 Å². The molecular formula is C14H25N5O2. The number of carbonyl (C=O) groups is 2. The summed E-state index contributed by atoms with van der Waals surface area (Å²) < 4.78 is 0. The quantitative estimate of drug-likeness (QED) is 0.731. The van der Waals surface area contributed by atoms with Gasteiger partial charge < -0.3 is 16.0 Å². The summed E-state index contributed by atoms with van der Waals surface area (Å²) in [5.41, 5.74) is 7.12. The van der Waals surface area contributed by atoms with Crippen molar-refractivity contribution in [1.82, 2.24) is 20.4 Å². The smallest absolute Gasteiger partial charge is 0.274 e. The SMILES string of the molecule is CCN(CC)C(=O)C(C)NC(=O)c1n[nH]c(C(C)C)c1N. The molecule has 4 N–H and O–H groups in total. The Hall–Kier alpha value is -2.05. The Labute approximate surface area is 125 Å². The fourth-order valence-electron chi connectivity index (χ4n) is 2.11. The van der Waals surface area contributed by atoms with Crippen molar-refractivity contribution in [2.75, 3.05) is 18.8 Å². The molecule has 0 fully saturated rings. The van der Waals surface area contributed by atoms with Crippen LogP contribution in [0.15, 0.2) is 0 Å². The molecule has 21 heavy (non-hydrogen) atoms. The third-order valence-corrected chi connectivity index (χ3v) is 3.42. The molecule has 0 radical (unpaired) electrons. The van der Waals surface area contributed by atoms with Crippen molar-refractivity contribution in [2.45, 2.75) is 46.6 Å². The number of hydrogen-bond acceptors (Lipinski definition) is 4. The third kappa shape index (κ3) is 3.74. The van der Waals surface area contributed by atoms with Crippen molar-refractivity contribution in [3.8, 4) is 0 Å². The van der Waals surface area contributed by atoms with Crippen molar-refractivity contribution in [1.29, 1.82) is 0 Å². The summed E-state index contributed by atoms with van der Waals surface area (Å²) in [6.45, 7) is 10.6. The van der Waals surface area contributed by atoms with E-state index in [4.69, 9.17) is 5.73 Å². The van der Waals surface area contributed by atoms with Gasteiger partial charge in [-0.25, -0.2) is 0 Å². The lowest BCUT2D eigenvalue weighted by Gasteiger charge is -2.23. The third-order valence-electron chi connectivity index (χ3n) is 3.42. The Morgan fingerprint density at radius 2 is 1.86 bits per heavy atom. The van der Waals surface area contributed by atoms with Gasteiger partial charge in [0.2, 0.25) is 5.91 Å². The van der Waals surface area contributed by atoms with Crippen LogP contribution in [-0.2, 0) is 4.79 Å². The standard InChI is InChI=1S/C14H25N5O2/c1-6-19(7-2)14(21)9(5)16-13(20)12-10(15)11(8(3)4)17-18-12/h8-9H,6-7,15H2,1-5H3,(H,16,20)(H,17,18). The molecule has 7 nitrogen and oxygen atoms in total. The van der Waals surface area contributed by atoms with Gasteiger partial charge in [0.1, 0.15) is 6.04 Å². The van der Waals surface area contributed by atoms with Gasteiger partial charge in [-0.05, 0) is 26.7 Å². The highest BCUT2D eigenvalue weighted by Gasteiger charge is 2.24. The summed E-state index contributed by atoms with van der Waals surface area (Å²) in [6.07, 6.45) is 0. The largest absolute Gasteiger partial charge is 0.395 e. The summed E-state index contributed by atoms with van der Waals surface area (Å²) in [4.78, 5) is 26.0. The average molecular weight is 295 g/mol. The molecule has 1 unspecified atom stereocenters. The van der Waals surface area contributed by atoms with Gasteiger partial charge in [-0.2, -0.15) is 5.10 Å². The number of nitrogens with one attached hydrogen (secondary N) is 2. The Morgan fingerprint density at radius 3 is 2.29 bits per heavy atom. The van der Waals surface area contributed by atoms with Crippen LogP contribution in [0.5, 0.6) is 0 Å². The van der Waals surface area contributed by atoms with E-state index >= 15 is 0 Å². The topological polar surface area (TPSA) is 104 Å². The first kappa shape index (κ1) is 17.0. The van der Waals surface area contributed by atoms with Crippen LogP contribution in [0.4, 0.5) is 5.69 Å². The Bertz CT molecular complexity index is 505. The maximum absolute atomic E-state index is 12.2. The van der Waals surface area contributed by atoms with Gasteiger partial charge in [-0.3, -0.25) is 14.7 Å². The molecule has 1 atom stereocenters. The zero-order valence-electron chi connectivity index (χ0n) is 13.4. The lowest BCUT2D eigenvalue weighted by molar-refractivity contribution is -0.132. The molecule has 0 aliphatic carbocycles. The molecule has 1 aromatic heterocycles. The van der Waals surface area contributed by atoms with Crippen molar-refractivity contribution < 1.29 is 9.59 Å². The molecule has 1 aromatic rings. The fraction of sp³-hybridized carbons (Fsp3) is 0.643. The van der Waals surface area contributed by atoms with Crippen LogP contribution >= 0.6 is 0 Å². The van der Waals surface area contributed by atoms with E-state index in [1.54, 1.807) is 11.8 Å². The lowest BCUT2D eigenvalue weighted by atomic mass is 10.1. The van der Waals surface area contributed by atoms with E-state index in [2.05, 4.69) is 15.5 Å². The van der Waals surface area contributed by atoms with Crippen molar-refractivity contribution in [2.24, 2.45) is 0 Å². The van der Waals surface area contributed by atoms with E-state index in [0.717, 1.165) is 5.69 Å². The molecule has 0 aromatic carbocycles. The van der Waals surface area contributed by atoms with E-state index in [1.165, 1.54) is 0 Å². The molecule has 0 bridgehead atoms. The minimum Gasteiger partial charge on any atom is -0.395 e. The summed E-state index contributed by atoms with van der Waals surface area (Å²) in [6, 6.07) is -0.615. The van der Waals surface area contributed by atoms with Crippen molar-refractivity contribution in [3.05, 3.63) is 11.4 Å². The van der Waals surface area contributed by atoms with E-state index < -0.39 is 11.9 Å². The summed E-state index contributed by atoms with van der Waals surface area (Å²) in [7, 11) is 0. The minimum atomic E-state index is -0.615.